The summed E-state index contributed by atoms with van der Waals surface area (Å²) in [6.07, 6.45) is 0. The molecule has 0 saturated heterocycles. The van der Waals surface area contributed by atoms with Crippen LogP contribution in [0.4, 0.5) is 5.69 Å². The van der Waals surface area contributed by atoms with Crippen LogP contribution in [0.1, 0.15) is 29.8 Å². The first-order valence-electron chi connectivity index (χ1n) is 8.45. The Balaban J connectivity index is 2.36. The summed E-state index contributed by atoms with van der Waals surface area (Å²) in [5, 5.41) is 12.2. The number of nitrogens with one attached hydrogen (secondary N) is 1. The lowest BCUT2D eigenvalue weighted by molar-refractivity contribution is 0.102. The number of methoxy groups -OCH3 is 2. The molecule has 2 aromatic rings. The van der Waals surface area contributed by atoms with E-state index in [0.717, 1.165) is 0 Å². The number of hydrogen-bond acceptors (Lipinski definition) is 6. The molecule has 0 aliphatic carbocycles. The van der Waals surface area contributed by atoms with Crippen LogP contribution in [-0.4, -0.2) is 33.3 Å². The molecule has 27 heavy (non-hydrogen) atoms. The van der Waals surface area contributed by atoms with Gasteiger partial charge < -0.3 is 24.3 Å². The molecule has 7 heteroatoms. The van der Waals surface area contributed by atoms with Crippen molar-refractivity contribution in [3.8, 4) is 29.1 Å². The van der Waals surface area contributed by atoms with Gasteiger partial charge in [0.2, 0.25) is 0 Å². The molecule has 0 fully saturated rings. The minimum Gasteiger partial charge on any atom is -0.493 e. The predicted molar refractivity (Wildman–Crippen MR) is 101 cm³/mol. The highest BCUT2D eigenvalue weighted by Gasteiger charge is 2.16. The molecule has 0 atom stereocenters. The molecule has 2 rings (SSSR count). The van der Waals surface area contributed by atoms with Crippen molar-refractivity contribution in [3.05, 3.63) is 41.5 Å². The van der Waals surface area contributed by atoms with Gasteiger partial charge in [0.25, 0.3) is 5.91 Å². The van der Waals surface area contributed by atoms with E-state index in [1.165, 1.54) is 14.2 Å². The lowest BCUT2D eigenvalue weighted by Crippen LogP contribution is -2.13. The normalized spacial score (nSPS) is 9.89. The molecule has 1 N–H and O–H groups in total. The largest absolute Gasteiger partial charge is 0.493 e. The van der Waals surface area contributed by atoms with Gasteiger partial charge in [-0.15, -0.1) is 0 Å². The molecular weight excluding hydrogens is 348 g/mol. The van der Waals surface area contributed by atoms with Crippen molar-refractivity contribution in [2.24, 2.45) is 0 Å². The van der Waals surface area contributed by atoms with Crippen molar-refractivity contribution >= 4 is 11.6 Å². The third-order valence-electron chi connectivity index (χ3n) is 3.70. The third-order valence-corrected chi connectivity index (χ3v) is 3.70. The van der Waals surface area contributed by atoms with Gasteiger partial charge in [0.15, 0.2) is 23.0 Å². The minimum absolute atomic E-state index is 0.274. The van der Waals surface area contributed by atoms with E-state index in [0.29, 0.717) is 47.5 Å². The van der Waals surface area contributed by atoms with Gasteiger partial charge in [-0.2, -0.15) is 5.26 Å². The first-order valence-corrected chi connectivity index (χ1v) is 8.45. The first-order chi connectivity index (χ1) is 13.1. The second-order valence-electron chi connectivity index (χ2n) is 5.35. The van der Waals surface area contributed by atoms with E-state index < -0.39 is 0 Å². The fraction of sp³-hybridized carbons (Fsp3) is 0.300. The Labute approximate surface area is 158 Å². The molecule has 0 unspecified atom stereocenters. The Morgan fingerprint density at radius 2 is 1.59 bits per heavy atom. The van der Waals surface area contributed by atoms with Crippen LogP contribution in [0.3, 0.4) is 0 Å². The molecule has 0 bridgehead atoms. The molecular formula is C20H22N2O5. The summed E-state index contributed by atoms with van der Waals surface area (Å²) in [6, 6.07) is 10.0. The molecule has 0 spiro atoms. The molecule has 1 amide bonds. The summed E-state index contributed by atoms with van der Waals surface area (Å²) in [7, 11) is 3.01. The van der Waals surface area contributed by atoms with Crippen LogP contribution in [0, 0.1) is 11.3 Å². The van der Waals surface area contributed by atoms with E-state index in [2.05, 4.69) is 11.4 Å². The molecule has 0 aliphatic heterocycles. The van der Waals surface area contributed by atoms with Crippen LogP contribution in [0.15, 0.2) is 30.3 Å². The number of anilines is 1. The highest BCUT2D eigenvalue weighted by atomic mass is 16.5. The van der Waals surface area contributed by atoms with Crippen molar-refractivity contribution < 1.29 is 23.7 Å². The zero-order valence-corrected chi connectivity index (χ0v) is 15.8. The van der Waals surface area contributed by atoms with E-state index in [1.807, 2.05) is 13.8 Å². The number of carbonyl (C=O) groups excluding carboxylic acids is 1. The summed E-state index contributed by atoms with van der Waals surface area (Å²) in [5.74, 6) is 1.49. The number of nitrogens with zero attached hydrogens (tertiary/aromatic N) is 1. The lowest BCUT2D eigenvalue weighted by atomic mass is 10.1. The van der Waals surface area contributed by atoms with Gasteiger partial charge in [-0.05, 0) is 32.0 Å². The Kier molecular flexibility index (Phi) is 6.89. The quantitative estimate of drug-likeness (QED) is 0.763. The van der Waals surface area contributed by atoms with Gasteiger partial charge in [0.05, 0.1) is 38.7 Å². The summed E-state index contributed by atoms with van der Waals surface area (Å²) in [4.78, 5) is 12.6. The molecule has 0 heterocycles. The average Bonchev–Trinajstić information content (AvgIpc) is 2.69. The number of ether oxygens (including phenoxy) is 4. The number of rotatable bonds is 8. The van der Waals surface area contributed by atoms with Crippen molar-refractivity contribution in [1.29, 1.82) is 5.26 Å². The van der Waals surface area contributed by atoms with Crippen molar-refractivity contribution in [1.82, 2.24) is 0 Å². The maximum atomic E-state index is 12.6. The molecule has 0 radical (unpaired) electrons. The summed E-state index contributed by atoms with van der Waals surface area (Å²) >= 11 is 0. The van der Waals surface area contributed by atoms with Gasteiger partial charge in [-0.3, -0.25) is 4.79 Å². The number of hydrogen-bond donors (Lipinski definition) is 1. The van der Waals surface area contributed by atoms with Gasteiger partial charge in [0, 0.05) is 17.7 Å². The standard InChI is InChI=1S/C20H22N2O5/c1-5-26-18-10-14(12-21)15(11-19(18)27-6-2)22-20(23)13-7-8-16(24-3)17(9-13)25-4/h7-11H,5-6H2,1-4H3,(H,22,23). The SMILES string of the molecule is CCOc1cc(C#N)c(NC(=O)c2ccc(OC)c(OC)c2)cc1OCC. The fourth-order valence-electron chi connectivity index (χ4n) is 2.46. The van der Waals surface area contributed by atoms with E-state index in [9.17, 15) is 10.1 Å². The molecule has 0 aromatic heterocycles. The summed E-state index contributed by atoms with van der Waals surface area (Å²) in [5.41, 5.74) is 0.975. The Bertz CT molecular complexity index is 858. The Hall–Kier alpha value is -3.40. The molecule has 142 valence electrons. The van der Waals surface area contributed by atoms with Gasteiger partial charge >= 0.3 is 0 Å². The highest BCUT2D eigenvalue weighted by Crippen LogP contribution is 2.34. The second kappa shape index (κ2) is 9.34. The average molecular weight is 370 g/mol. The summed E-state index contributed by atoms with van der Waals surface area (Å²) < 4.78 is 21.5. The van der Waals surface area contributed by atoms with Gasteiger partial charge in [0.1, 0.15) is 6.07 Å². The molecule has 7 nitrogen and oxygen atoms in total. The van der Waals surface area contributed by atoms with Crippen LogP contribution >= 0.6 is 0 Å². The number of carbonyl (C=O) groups is 1. The Morgan fingerprint density at radius 3 is 2.15 bits per heavy atom. The van der Waals surface area contributed by atoms with Crippen LogP contribution in [0.25, 0.3) is 0 Å². The fourth-order valence-corrected chi connectivity index (χ4v) is 2.46. The number of nitriles is 1. The van der Waals surface area contributed by atoms with Crippen molar-refractivity contribution in [2.75, 3.05) is 32.8 Å². The maximum Gasteiger partial charge on any atom is 0.255 e. The van der Waals surface area contributed by atoms with Crippen LogP contribution < -0.4 is 24.3 Å². The smallest absolute Gasteiger partial charge is 0.255 e. The second-order valence-corrected chi connectivity index (χ2v) is 5.35. The van der Waals surface area contributed by atoms with Crippen LogP contribution in [0.5, 0.6) is 23.0 Å². The topological polar surface area (TPSA) is 89.8 Å². The monoisotopic (exact) mass is 370 g/mol. The first kappa shape index (κ1) is 19.9. The van der Waals surface area contributed by atoms with Crippen LogP contribution in [-0.2, 0) is 0 Å². The van der Waals surface area contributed by atoms with E-state index in [1.54, 1.807) is 30.3 Å². The van der Waals surface area contributed by atoms with E-state index in [-0.39, 0.29) is 11.5 Å². The van der Waals surface area contributed by atoms with Gasteiger partial charge in [-0.1, -0.05) is 0 Å². The zero-order valence-electron chi connectivity index (χ0n) is 15.8. The molecule has 0 aliphatic rings. The third kappa shape index (κ3) is 4.61. The lowest BCUT2D eigenvalue weighted by Gasteiger charge is -2.15. The molecule has 2 aromatic carbocycles. The number of amides is 1. The maximum absolute atomic E-state index is 12.6. The van der Waals surface area contributed by atoms with E-state index in [4.69, 9.17) is 18.9 Å². The zero-order chi connectivity index (χ0) is 19.8. The molecule has 0 saturated carbocycles. The number of benzene rings is 2. The predicted octanol–water partition coefficient (Wildman–Crippen LogP) is 3.63. The van der Waals surface area contributed by atoms with Gasteiger partial charge in [-0.25, -0.2) is 0 Å². The van der Waals surface area contributed by atoms with Crippen molar-refractivity contribution in [2.45, 2.75) is 13.8 Å². The summed E-state index contributed by atoms with van der Waals surface area (Å²) in [6.45, 7) is 4.54. The Morgan fingerprint density at radius 1 is 0.963 bits per heavy atom. The minimum atomic E-state index is -0.390. The highest BCUT2D eigenvalue weighted by molar-refractivity contribution is 6.05. The van der Waals surface area contributed by atoms with Crippen molar-refractivity contribution in [3.63, 3.8) is 0 Å². The van der Waals surface area contributed by atoms with Crippen LogP contribution in [0.2, 0.25) is 0 Å². The van der Waals surface area contributed by atoms with E-state index >= 15 is 0 Å².